The molecule has 1 amide bonds. The van der Waals surface area contributed by atoms with E-state index in [9.17, 15) is 9.59 Å². The molecule has 7 heteroatoms. The van der Waals surface area contributed by atoms with Crippen molar-refractivity contribution in [2.24, 2.45) is 0 Å². The molecule has 0 spiro atoms. The normalized spacial score (nSPS) is 10.5. The van der Waals surface area contributed by atoms with Crippen molar-refractivity contribution in [1.82, 2.24) is 4.98 Å². The Morgan fingerprint density at radius 1 is 1.11 bits per heavy atom. The second kappa shape index (κ2) is 8.05. The lowest BCUT2D eigenvalue weighted by Gasteiger charge is -2.12. The third kappa shape index (κ3) is 4.54. The van der Waals surface area contributed by atoms with Crippen LogP contribution < -0.4 is 10.1 Å². The summed E-state index contributed by atoms with van der Waals surface area (Å²) in [5, 5.41) is 4.01. The molecule has 6 nitrogen and oxygen atoms in total. The van der Waals surface area contributed by atoms with Gasteiger partial charge in [0.1, 0.15) is 5.75 Å². The maximum Gasteiger partial charge on any atom is 0.356 e. The van der Waals surface area contributed by atoms with Gasteiger partial charge in [0.05, 0.1) is 12.6 Å². The van der Waals surface area contributed by atoms with Crippen LogP contribution in [-0.2, 0) is 9.53 Å². The number of pyridine rings is 1. The molecule has 0 saturated heterocycles. The molecular formula is C20H17ClN2O4. The zero-order chi connectivity index (χ0) is 19.4. The summed E-state index contributed by atoms with van der Waals surface area (Å²) < 4.78 is 10.4. The lowest BCUT2D eigenvalue weighted by molar-refractivity contribution is -0.118. The van der Waals surface area contributed by atoms with Crippen LogP contribution in [0.4, 0.5) is 5.69 Å². The molecule has 0 fully saturated rings. The standard InChI is InChI=1S/C20H17ClN2O4/c1-12-3-8-16-15(9-12)18(10-17(23-16)20(25)26-2)27-11-19(24)22-14-6-4-13(21)5-7-14/h3-10H,11H2,1-2H3,(H,22,24). The summed E-state index contributed by atoms with van der Waals surface area (Å²) in [4.78, 5) is 28.3. The first kappa shape index (κ1) is 18.7. The Balaban J connectivity index is 1.82. The van der Waals surface area contributed by atoms with E-state index in [0.717, 1.165) is 5.56 Å². The Labute approximate surface area is 161 Å². The number of carbonyl (C=O) groups excluding carboxylic acids is 2. The lowest BCUT2D eigenvalue weighted by Crippen LogP contribution is -2.20. The fourth-order valence-electron chi connectivity index (χ4n) is 2.51. The van der Waals surface area contributed by atoms with Crippen molar-refractivity contribution in [1.29, 1.82) is 0 Å². The number of methoxy groups -OCH3 is 1. The molecule has 2 aromatic carbocycles. The van der Waals surface area contributed by atoms with Crippen LogP contribution in [-0.4, -0.2) is 30.6 Å². The quantitative estimate of drug-likeness (QED) is 0.673. The number of benzene rings is 2. The highest BCUT2D eigenvalue weighted by molar-refractivity contribution is 6.30. The Hall–Kier alpha value is -3.12. The van der Waals surface area contributed by atoms with Gasteiger partial charge in [0, 0.05) is 22.2 Å². The van der Waals surface area contributed by atoms with Gasteiger partial charge in [0.2, 0.25) is 0 Å². The van der Waals surface area contributed by atoms with E-state index >= 15 is 0 Å². The molecule has 3 rings (SSSR count). The molecule has 1 aromatic heterocycles. The topological polar surface area (TPSA) is 77.5 Å². The van der Waals surface area contributed by atoms with Crippen LogP contribution >= 0.6 is 11.6 Å². The average Bonchev–Trinajstić information content (AvgIpc) is 2.67. The molecule has 0 unspecified atom stereocenters. The van der Waals surface area contributed by atoms with E-state index < -0.39 is 5.97 Å². The van der Waals surface area contributed by atoms with E-state index in [4.69, 9.17) is 21.1 Å². The number of esters is 1. The Kier molecular flexibility index (Phi) is 5.57. The third-order valence-corrected chi connectivity index (χ3v) is 4.06. The lowest BCUT2D eigenvalue weighted by atomic mass is 10.1. The van der Waals surface area contributed by atoms with Gasteiger partial charge in [0.25, 0.3) is 5.91 Å². The molecule has 0 aliphatic carbocycles. The van der Waals surface area contributed by atoms with Crippen LogP contribution in [0, 0.1) is 6.92 Å². The summed E-state index contributed by atoms with van der Waals surface area (Å²) >= 11 is 5.83. The molecule has 138 valence electrons. The van der Waals surface area contributed by atoms with Gasteiger partial charge in [-0.1, -0.05) is 23.2 Å². The molecule has 0 saturated carbocycles. The summed E-state index contributed by atoms with van der Waals surface area (Å²) in [5.74, 6) is -0.530. The first-order valence-corrected chi connectivity index (χ1v) is 8.52. The van der Waals surface area contributed by atoms with Gasteiger partial charge in [-0.2, -0.15) is 0 Å². The van der Waals surface area contributed by atoms with Crippen molar-refractivity contribution in [3.63, 3.8) is 0 Å². The summed E-state index contributed by atoms with van der Waals surface area (Å²) in [6.45, 7) is 1.71. The average molecular weight is 385 g/mol. The minimum absolute atomic E-state index is 0.113. The Morgan fingerprint density at radius 2 is 1.85 bits per heavy atom. The largest absolute Gasteiger partial charge is 0.483 e. The molecule has 0 atom stereocenters. The van der Waals surface area contributed by atoms with Gasteiger partial charge < -0.3 is 14.8 Å². The van der Waals surface area contributed by atoms with E-state index in [0.29, 0.717) is 27.4 Å². The highest BCUT2D eigenvalue weighted by Gasteiger charge is 2.14. The number of amides is 1. The number of halogens is 1. The second-order valence-electron chi connectivity index (χ2n) is 5.86. The maximum absolute atomic E-state index is 12.2. The predicted octanol–water partition coefficient (Wildman–Crippen LogP) is 4.00. The molecule has 0 aliphatic rings. The van der Waals surface area contributed by atoms with Crippen molar-refractivity contribution in [2.45, 2.75) is 6.92 Å². The van der Waals surface area contributed by atoms with Crippen LogP contribution in [0.15, 0.2) is 48.5 Å². The zero-order valence-corrected chi connectivity index (χ0v) is 15.5. The first-order valence-electron chi connectivity index (χ1n) is 8.14. The highest BCUT2D eigenvalue weighted by atomic mass is 35.5. The molecular weight excluding hydrogens is 368 g/mol. The third-order valence-electron chi connectivity index (χ3n) is 3.81. The number of nitrogens with one attached hydrogen (secondary N) is 1. The number of ether oxygens (including phenoxy) is 2. The van der Waals surface area contributed by atoms with E-state index in [-0.39, 0.29) is 18.2 Å². The number of aryl methyl sites for hydroxylation is 1. The molecule has 0 bridgehead atoms. The number of rotatable bonds is 5. The van der Waals surface area contributed by atoms with Gasteiger partial charge in [-0.05, 0) is 43.3 Å². The summed E-state index contributed by atoms with van der Waals surface area (Å²) in [7, 11) is 1.28. The van der Waals surface area contributed by atoms with Crippen LogP contribution in [0.5, 0.6) is 5.75 Å². The highest BCUT2D eigenvalue weighted by Crippen LogP contribution is 2.27. The summed E-state index contributed by atoms with van der Waals surface area (Å²) in [6.07, 6.45) is 0. The smallest absolute Gasteiger partial charge is 0.356 e. The predicted molar refractivity (Wildman–Crippen MR) is 103 cm³/mol. The van der Waals surface area contributed by atoms with Crippen molar-refractivity contribution in [3.8, 4) is 5.75 Å². The van der Waals surface area contributed by atoms with Gasteiger partial charge >= 0.3 is 5.97 Å². The Morgan fingerprint density at radius 3 is 2.56 bits per heavy atom. The van der Waals surface area contributed by atoms with Crippen LogP contribution in [0.1, 0.15) is 16.1 Å². The second-order valence-corrected chi connectivity index (χ2v) is 6.30. The van der Waals surface area contributed by atoms with Crippen LogP contribution in [0.25, 0.3) is 10.9 Å². The van der Waals surface area contributed by atoms with Gasteiger partial charge in [-0.15, -0.1) is 0 Å². The number of nitrogens with zero attached hydrogens (tertiary/aromatic N) is 1. The minimum Gasteiger partial charge on any atom is -0.483 e. The zero-order valence-electron chi connectivity index (χ0n) is 14.8. The van der Waals surface area contributed by atoms with E-state index in [2.05, 4.69) is 10.3 Å². The van der Waals surface area contributed by atoms with E-state index in [1.807, 2.05) is 19.1 Å². The number of fused-ring (bicyclic) bond motifs is 1. The fourth-order valence-corrected chi connectivity index (χ4v) is 2.64. The number of hydrogen-bond acceptors (Lipinski definition) is 5. The van der Waals surface area contributed by atoms with Gasteiger partial charge in [0.15, 0.2) is 12.3 Å². The van der Waals surface area contributed by atoms with Crippen molar-refractivity contribution >= 4 is 40.1 Å². The SMILES string of the molecule is COC(=O)c1cc(OCC(=O)Nc2ccc(Cl)cc2)c2cc(C)ccc2n1. The summed E-state index contributed by atoms with van der Waals surface area (Å²) in [5.41, 5.74) is 2.31. The maximum atomic E-state index is 12.2. The number of aromatic nitrogens is 1. The van der Waals surface area contributed by atoms with Gasteiger partial charge in [-0.3, -0.25) is 4.79 Å². The molecule has 1 N–H and O–H groups in total. The number of anilines is 1. The van der Waals surface area contributed by atoms with Crippen LogP contribution in [0.3, 0.4) is 0 Å². The molecule has 0 radical (unpaired) electrons. The molecule has 27 heavy (non-hydrogen) atoms. The number of hydrogen-bond donors (Lipinski definition) is 1. The molecule has 0 aliphatic heterocycles. The molecule has 1 heterocycles. The van der Waals surface area contributed by atoms with E-state index in [1.54, 1.807) is 30.3 Å². The summed E-state index contributed by atoms with van der Waals surface area (Å²) in [6, 6.07) is 13.8. The first-order chi connectivity index (χ1) is 13.0. The molecule has 3 aromatic rings. The van der Waals surface area contributed by atoms with Crippen molar-refractivity contribution < 1.29 is 19.1 Å². The number of carbonyl (C=O) groups is 2. The van der Waals surface area contributed by atoms with Gasteiger partial charge in [-0.25, -0.2) is 9.78 Å². The van der Waals surface area contributed by atoms with Crippen molar-refractivity contribution in [3.05, 3.63) is 64.8 Å². The van der Waals surface area contributed by atoms with E-state index in [1.165, 1.54) is 13.2 Å². The minimum atomic E-state index is -0.576. The van der Waals surface area contributed by atoms with Crippen LogP contribution in [0.2, 0.25) is 5.02 Å². The van der Waals surface area contributed by atoms with Crippen molar-refractivity contribution in [2.75, 3.05) is 19.0 Å². The Bertz CT molecular complexity index is 1000. The fraction of sp³-hybridized carbons (Fsp3) is 0.150. The monoisotopic (exact) mass is 384 g/mol.